The molecule has 9 nitrogen and oxygen atoms in total. The van der Waals surface area contributed by atoms with Crippen LogP contribution in [0.4, 0.5) is 0 Å². The van der Waals surface area contributed by atoms with Crippen molar-refractivity contribution in [1.82, 2.24) is 9.55 Å². The van der Waals surface area contributed by atoms with Crippen LogP contribution in [-0.2, 0) is 23.8 Å². The van der Waals surface area contributed by atoms with Crippen LogP contribution in [0.1, 0.15) is 20.1 Å². The lowest BCUT2D eigenvalue weighted by Gasteiger charge is -2.20. The van der Waals surface area contributed by atoms with E-state index in [4.69, 9.17) is 14.2 Å². The Morgan fingerprint density at radius 1 is 1.32 bits per heavy atom. The Labute approximate surface area is 123 Å². The third kappa shape index (κ3) is 2.23. The molecular weight excluding hydrogens is 296 g/mol. The number of esters is 2. The molecule has 0 spiro atoms. The van der Waals surface area contributed by atoms with Crippen LogP contribution in [0.2, 0.25) is 0 Å². The van der Waals surface area contributed by atoms with Gasteiger partial charge in [-0.05, 0) is 0 Å². The van der Waals surface area contributed by atoms with Crippen LogP contribution < -0.4 is 11.2 Å². The van der Waals surface area contributed by atoms with E-state index >= 15 is 0 Å². The first-order valence-corrected chi connectivity index (χ1v) is 6.73. The number of H-pyrrole nitrogens is 1. The topological polar surface area (TPSA) is 117 Å². The van der Waals surface area contributed by atoms with Gasteiger partial charge in [0, 0.05) is 25.1 Å². The summed E-state index contributed by atoms with van der Waals surface area (Å²) in [5, 5.41) is 0. The Kier molecular flexibility index (Phi) is 3.36. The monoisotopic (exact) mass is 310 g/mol. The molecule has 118 valence electrons. The molecule has 0 radical (unpaired) electrons. The van der Waals surface area contributed by atoms with Crippen molar-refractivity contribution in [2.45, 2.75) is 38.4 Å². The van der Waals surface area contributed by atoms with Crippen LogP contribution in [0.15, 0.2) is 21.9 Å². The van der Waals surface area contributed by atoms with Crippen LogP contribution in [0.3, 0.4) is 0 Å². The Hall–Kier alpha value is -2.42. The van der Waals surface area contributed by atoms with Crippen molar-refractivity contribution in [2.75, 3.05) is 0 Å². The first kappa shape index (κ1) is 14.5. The van der Waals surface area contributed by atoms with Gasteiger partial charge in [-0.1, -0.05) is 6.92 Å². The minimum Gasteiger partial charge on any atom is -0.456 e. The minimum absolute atomic E-state index is 0.349. The van der Waals surface area contributed by atoms with Gasteiger partial charge in [0.1, 0.15) is 18.4 Å². The van der Waals surface area contributed by atoms with Crippen molar-refractivity contribution in [1.29, 1.82) is 0 Å². The average molecular weight is 310 g/mol. The second-order valence-corrected chi connectivity index (χ2v) is 5.30. The summed E-state index contributed by atoms with van der Waals surface area (Å²) in [5.41, 5.74) is -1.14. The van der Waals surface area contributed by atoms with Crippen LogP contribution in [0.5, 0.6) is 0 Å². The van der Waals surface area contributed by atoms with Crippen molar-refractivity contribution < 1.29 is 23.8 Å². The number of fused-ring (bicyclic) bond motifs is 1. The molecule has 0 bridgehead atoms. The van der Waals surface area contributed by atoms with E-state index in [1.54, 1.807) is 6.92 Å². The van der Waals surface area contributed by atoms with Crippen molar-refractivity contribution in [2.24, 2.45) is 5.92 Å². The smallest absolute Gasteiger partial charge is 0.350 e. The number of carbonyl (C=O) groups excluding carboxylic acids is 2. The number of aromatic amines is 1. The number of carbonyl (C=O) groups is 2. The lowest BCUT2D eigenvalue weighted by molar-refractivity contribution is -0.166. The van der Waals surface area contributed by atoms with Gasteiger partial charge in [0.2, 0.25) is 6.10 Å². The Morgan fingerprint density at radius 3 is 2.68 bits per heavy atom. The molecule has 1 aromatic heterocycles. The highest BCUT2D eigenvalue weighted by molar-refractivity contribution is 5.81. The fourth-order valence-electron chi connectivity index (χ4n) is 2.82. The molecule has 3 heterocycles. The Balaban J connectivity index is 1.90. The number of nitrogens with one attached hydrogen (secondary N) is 1. The fourth-order valence-corrected chi connectivity index (χ4v) is 2.82. The van der Waals surface area contributed by atoms with Gasteiger partial charge in [0.05, 0.1) is 0 Å². The summed E-state index contributed by atoms with van der Waals surface area (Å²) in [6.07, 6.45) is -1.97. The molecule has 1 N–H and O–H groups in total. The molecule has 3 rings (SSSR count). The van der Waals surface area contributed by atoms with Crippen molar-refractivity contribution >= 4 is 11.9 Å². The maximum Gasteiger partial charge on any atom is 0.350 e. The summed E-state index contributed by atoms with van der Waals surface area (Å²) in [6, 6.07) is 1.20. The van der Waals surface area contributed by atoms with Gasteiger partial charge in [-0.15, -0.1) is 0 Å². The van der Waals surface area contributed by atoms with Gasteiger partial charge in [-0.3, -0.25) is 19.1 Å². The summed E-state index contributed by atoms with van der Waals surface area (Å²) in [6.45, 7) is 2.93. The lowest BCUT2D eigenvalue weighted by Crippen LogP contribution is -2.36. The zero-order valence-corrected chi connectivity index (χ0v) is 11.8. The number of hydrogen-bond donors (Lipinski definition) is 1. The highest BCUT2D eigenvalue weighted by Gasteiger charge is 2.57. The molecule has 2 aliphatic heterocycles. The van der Waals surface area contributed by atoms with Crippen molar-refractivity contribution in [3.8, 4) is 0 Å². The largest absolute Gasteiger partial charge is 0.456 e. The summed E-state index contributed by atoms with van der Waals surface area (Å²) in [7, 11) is 0. The highest BCUT2D eigenvalue weighted by Crippen LogP contribution is 2.41. The fraction of sp³-hybridized carbons (Fsp3) is 0.538. The molecule has 2 fully saturated rings. The summed E-state index contributed by atoms with van der Waals surface area (Å²) < 4.78 is 17.1. The SMILES string of the molecule is CC(=O)O[C@@H]1C(=O)O[C@H]2[C@H](C)[C@H](n3ccc(=O)[nH]c3=O)O[C@H]21. The van der Waals surface area contributed by atoms with Gasteiger partial charge in [0.15, 0.2) is 0 Å². The van der Waals surface area contributed by atoms with Crippen LogP contribution >= 0.6 is 0 Å². The van der Waals surface area contributed by atoms with Crippen LogP contribution in [0.25, 0.3) is 0 Å². The first-order valence-electron chi connectivity index (χ1n) is 6.73. The number of ether oxygens (including phenoxy) is 3. The van der Waals surface area contributed by atoms with Gasteiger partial charge in [0.25, 0.3) is 5.56 Å². The molecule has 1 aromatic rings. The van der Waals surface area contributed by atoms with E-state index in [1.165, 1.54) is 23.8 Å². The number of hydrogen-bond acceptors (Lipinski definition) is 7. The van der Waals surface area contributed by atoms with E-state index in [0.29, 0.717) is 0 Å². The second kappa shape index (κ2) is 5.09. The van der Waals surface area contributed by atoms with Gasteiger partial charge in [-0.25, -0.2) is 9.59 Å². The van der Waals surface area contributed by atoms with Gasteiger partial charge in [-0.2, -0.15) is 0 Å². The van der Waals surface area contributed by atoms with E-state index in [0.717, 1.165) is 0 Å². The summed E-state index contributed by atoms with van der Waals surface area (Å²) in [4.78, 5) is 47.9. The Bertz CT molecular complexity index is 736. The summed E-state index contributed by atoms with van der Waals surface area (Å²) in [5.74, 6) is -1.63. The maximum atomic E-state index is 11.9. The predicted molar refractivity (Wildman–Crippen MR) is 69.8 cm³/mol. The molecular formula is C13H14N2O7. The van der Waals surface area contributed by atoms with E-state index < -0.39 is 47.7 Å². The number of aromatic nitrogens is 2. The van der Waals surface area contributed by atoms with Crippen molar-refractivity contribution in [3.63, 3.8) is 0 Å². The molecule has 0 amide bonds. The van der Waals surface area contributed by atoms with Gasteiger partial charge < -0.3 is 14.2 Å². The predicted octanol–water partition coefficient (Wildman–Crippen LogP) is -1.07. The third-order valence-electron chi connectivity index (χ3n) is 3.79. The van der Waals surface area contributed by atoms with Gasteiger partial charge >= 0.3 is 17.6 Å². The molecule has 2 aliphatic rings. The maximum absolute atomic E-state index is 11.9. The van der Waals surface area contributed by atoms with E-state index in [2.05, 4.69) is 4.98 Å². The zero-order chi connectivity index (χ0) is 16.0. The normalized spacial score (nSPS) is 33.4. The summed E-state index contributed by atoms with van der Waals surface area (Å²) >= 11 is 0. The molecule has 22 heavy (non-hydrogen) atoms. The molecule has 9 heteroatoms. The highest BCUT2D eigenvalue weighted by atomic mass is 16.7. The number of rotatable bonds is 2. The number of nitrogens with zero attached hydrogens (tertiary/aromatic N) is 1. The standard InChI is InChI=1S/C13H14N2O7/c1-5-8-9(10(12(18)22-8)20-6(2)16)21-11(5)15-4-3-7(17)14-13(15)19/h3-5,8-11H,1-2H3,(H,14,17,19)/t5-,8-,9+,10-,11+/m0/s1. The second-order valence-electron chi connectivity index (χ2n) is 5.30. The molecule has 0 aromatic carbocycles. The van der Waals surface area contributed by atoms with Crippen molar-refractivity contribution in [3.05, 3.63) is 33.1 Å². The van der Waals surface area contributed by atoms with E-state index in [9.17, 15) is 19.2 Å². The quantitative estimate of drug-likeness (QED) is 0.691. The first-order chi connectivity index (χ1) is 10.4. The Morgan fingerprint density at radius 2 is 2.05 bits per heavy atom. The molecule has 2 saturated heterocycles. The minimum atomic E-state index is -1.14. The molecule has 0 aliphatic carbocycles. The molecule has 0 saturated carbocycles. The average Bonchev–Trinajstić information content (AvgIpc) is 2.89. The van der Waals surface area contributed by atoms with E-state index in [-0.39, 0.29) is 5.92 Å². The van der Waals surface area contributed by atoms with Crippen LogP contribution in [-0.4, -0.2) is 39.8 Å². The van der Waals surface area contributed by atoms with E-state index in [1.807, 2.05) is 0 Å². The van der Waals surface area contributed by atoms with Crippen LogP contribution in [0, 0.1) is 5.92 Å². The zero-order valence-electron chi connectivity index (χ0n) is 11.8. The third-order valence-corrected chi connectivity index (χ3v) is 3.79. The molecule has 5 atom stereocenters. The molecule has 0 unspecified atom stereocenters. The lowest BCUT2D eigenvalue weighted by atomic mass is 10.0.